The van der Waals surface area contributed by atoms with Gasteiger partial charge in [0.25, 0.3) is 0 Å². The van der Waals surface area contributed by atoms with Crippen molar-refractivity contribution in [2.75, 3.05) is 6.61 Å². The molecule has 2 aromatic rings. The third kappa shape index (κ3) is 4.08. The van der Waals surface area contributed by atoms with Gasteiger partial charge >= 0.3 is 5.97 Å². The molecule has 0 amide bonds. The number of phenols is 1. The summed E-state index contributed by atoms with van der Waals surface area (Å²) >= 11 is 0. The molecular formula is C22H26O5. The molecule has 0 saturated carbocycles. The van der Waals surface area contributed by atoms with Gasteiger partial charge in [0.2, 0.25) is 0 Å². The normalized spacial score (nSPS) is 15.0. The van der Waals surface area contributed by atoms with Gasteiger partial charge in [-0.2, -0.15) is 0 Å². The first-order chi connectivity index (χ1) is 12.7. The van der Waals surface area contributed by atoms with Crippen LogP contribution in [-0.2, 0) is 16.0 Å². The zero-order valence-corrected chi connectivity index (χ0v) is 16.2. The fraction of sp³-hybridized carbons (Fsp3) is 0.409. The highest BCUT2D eigenvalue weighted by atomic mass is 16.5. The van der Waals surface area contributed by atoms with E-state index in [4.69, 9.17) is 9.47 Å². The van der Waals surface area contributed by atoms with Crippen LogP contribution in [0.2, 0.25) is 0 Å². The Morgan fingerprint density at radius 2 is 1.96 bits per heavy atom. The molecular weight excluding hydrogens is 344 g/mol. The monoisotopic (exact) mass is 370 g/mol. The van der Waals surface area contributed by atoms with Gasteiger partial charge in [-0.05, 0) is 75.4 Å². The molecule has 0 aromatic heterocycles. The van der Waals surface area contributed by atoms with Crippen molar-refractivity contribution in [3.8, 4) is 22.6 Å². The van der Waals surface area contributed by atoms with Gasteiger partial charge in [-0.25, -0.2) is 4.79 Å². The summed E-state index contributed by atoms with van der Waals surface area (Å²) in [6, 6.07) is 9.04. The lowest BCUT2D eigenvalue weighted by atomic mass is 9.89. The molecule has 5 nitrogen and oxygen atoms in total. The Morgan fingerprint density at radius 1 is 1.22 bits per heavy atom. The topological polar surface area (TPSA) is 76.0 Å². The van der Waals surface area contributed by atoms with Gasteiger partial charge < -0.3 is 19.7 Å². The van der Waals surface area contributed by atoms with Crippen LogP contribution in [0.5, 0.6) is 11.5 Å². The van der Waals surface area contributed by atoms with Crippen LogP contribution in [0.25, 0.3) is 11.1 Å². The molecule has 1 unspecified atom stereocenters. The van der Waals surface area contributed by atoms with E-state index in [-0.39, 0.29) is 5.75 Å². The second kappa shape index (κ2) is 7.24. The maximum Gasteiger partial charge on any atom is 0.337 e. The lowest BCUT2D eigenvalue weighted by Crippen LogP contribution is -2.28. The van der Waals surface area contributed by atoms with E-state index in [0.717, 1.165) is 35.3 Å². The maximum atomic E-state index is 12.0. The van der Waals surface area contributed by atoms with E-state index in [9.17, 15) is 15.0 Å². The molecule has 5 heteroatoms. The molecule has 3 rings (SSSR count). The van der Waals surface area contributed by atoms with Crippen LogP contribution in [0.1, 0.15) is 50.0 Å². The maximum absolute atomic E-state index is 12.0. The summed E-state index contributed by atoms with van der Waals surface area (Å²) in [5.41, 5.74) is 2.91. The highest BCUT2D eigenvalue weighted by molar-refractivity contribution is 5.84. The van der Waals surface area contributed by atoms with Crippen molar-refractivity contribution < 1.29 is 24.5 Å². The Morgan fingerprint density at radius 3 is 2.63 bits per heavy atom. The SMILES string of the molecule is Cc1ccc(O)c(-c2ccc3c(c2)CCCO3)c1C(OC(C)(C)C)C(=O)O. The summed E-state index contributed by atoms with van der Waals surface area (Å²) in [6.45, 7) is 7.99. The summed E-state index contributed by atoms with van der Waals surface area (Å²) in [4.78, 5) is 12.0. The zero-order chi connectivity index (χ0) is 19.8. The van der Waals surface area contributed by atoms with Gasteiger partial charge in [0, 0.05) is 11.1 Å². The number of benzene rings is 2. The summed E-state index contributed by atoms with van der Waals surface area (Å²) in [7, 11) is 0. The number of fused-ring (bicyclic) bond motifs is 1. The number of carbonyl (C=O) groups is 1. The number of carboxylic acids is 1. The number of aliphatic carboxylic acids is 1. The van der Waals surface area contributed by atoms with Crippen molar-refractivity contribution in [3.63, 3.8) is 0 Å². The van der Waals surface area contributed by atoms with Crippen molar-refractivity contribution in [1.29, 1.82) is 0 Å². The predicted octanol–water partition coefficient (Wildman–Crippen LogP) is 4.63. The van der Waals surface area contributed by atoms with Crippen LogP contribution >= 0.6 is 0 Å². The molecule has 1 atom stereocenters. The van der Waals surface area contributed by atoms with Gasteiger partial charge in [-0.3, -0.25) is 0 Å². The Bertz CT molecular complexity index is 864. The molecule has 0 saturated heterocycles. The standard InChI is InChI=1S/C22H26O5/c1-13-7-9-16(23)19(18(13)20(21(24)25)27-22(2,3)4)15-8-10-17-14(12-15)6-5-11-26-17/h7-10,12,20,23H,5-6,11H2,1-4H3,(H,24,25). The van der Waals surface area contributed by atoms with E-state index in [2.05, 4.69) is 0 Å². The molecule has 1 aliphatic rings. The van der Waals surface area contributed by atoms with Crippen molar-refractivity contribution in [2.24, 2.45) is 0 Å². The van der Waals surface area contributed by atoms with Crippen molar-refractivity contribution in [3.05, 3.63) is 47.0 Å². The first kappa shape index (κ1) is 19.2. The van der Waals surface area contributed by atoms with E-state index >= 15 is 0 Å². The molecule has 144 valence electrons. The lowest BCUT2D eigenvalue weighted by molar-refractivity contribution is -0.160. The number of rotatable bonds is 4. The number of phenolic OH excluding ortho intramolecular Hbond substituents is 1. The summed E-state index contributed by atoms with van der Waals surface area (Å²) < 4.78 is 11.5. The zero-order valence-electron chi connectivity index (χ0n) is 16.2. The fourth-order valence-electron chi connectivity index (χ4n) is 3.46. The Kier molecular flexibility index (Phi) is 5.16. The number of aryl methyl sites for hydroxylation is 2. The predicted molar refractivity (Wildman–Crippen MR) is 103 cm³/mol. The van der Waals surface area contributed by atoms with Gasteiger partial charge in [0.1, 0.15) is 11.5 Å². The fourth-order valence-corrected chi connectivity index (χ4v) is 3.46. The van der Waals surface area contributed by atoms with Gasteiger partial charge in [0.15, 0.2) is 6.10 Å². The van der Waals surface area contributed by atoms with Gasteiger partial charge in [-0.1, -0.05) is 12.1 Å². The van der Waals surface area contributed by atoms with Crippen LogP contribution in [0, 0.1) is 6.92 Å². The van der Waals surface area contributed by atoms with E-state index in [1.165, 1.54) is 0 Å². The number of carboxylic acid groups (broad SMARTS) is 1. The molecule has 1 heterocycles. The highest BCUT2D eigenvalue weighted by Gasteiger charge is 2.32. The summed E-state index contributed by atoms with van der Waals surface area (Å²) in [6.07, 6.45) is 0.652. The van der Waals surface area contributed by atoms with Crippen molar-refractivity contribution in [2.45, 2.75) is 52.2 Å². The Labute approximate surface area is 159 Å². The number of ether oxygens (including phenoxy) is 2. The lowest BCUT2D eigenvalue weighted by Gasteiger charge is -2.28. The summed E-state index contributed by atoms with van der Waals surface area (Å²) in [5.74, 6) is -0.198. The number of hydrogen-bond acceptors (Lipinski definition) is 4. The second-order valence-corrected chi connectivity index (χ2v) is 7.91. The number of hydrogen-bond donors (Lipinski definition) is 2. The molecule has 0 fully saturated rings. The molecule has 1 aliphatic heterocycles. The minimum atomic E-state index is -1.18. The average molecular weight is 370 g/mol. The van der Waals surface area contributed by atoms with Crippen LogP contribution in [-0.4, -0.2) is 28.4 Å². The van der Waals surface area contributed by atoms with E-state index in [1.54, 1.807) is 12.1 Å². The highest BCUT2D eigenvalue weighted by Crippen LogP contribution is 2.42. The third-order valence-electron chi connectivity index (χ3n) is 4.60. The van der Waals surface area contributed by atoms with Crippen molar-refractivity contribution in [1.82, 2.24) is 0 Å². The molecule has 2 N–H and O–H groups in total. The van der Waals surface area contributed by atoms with Crippen molar-refractivity contribution >= 4 is 5.97 Å². The second-order valence-electron chi connectivity index (χ2n) is 7.91. The molecule has 0 spiro atoms. The molecule has 2 aromatic carbocycles. The number of aromatic hydroxyl groups is 1. The molecule has 27 heavy (non-hydrogen) atoms. The van der Waals surface area contributed by atoms with E-state index < -0.39 is 17.7 Å². The van der Waals surface area contributed by atoms with Crippen LogP contribution in [0.15, 0.2) is 30.3 Å². The largest absolute Gasteiger partial charge is 0.507 e. The first-order valence-electron chi connectivity index (χ1n) is 9.16. The van der Waals surface area contributed by atoms with Crippen LogP contribution in [0.4, 0.5) is 0 Å². The van der Waals surface area contributed by atoms with Gasteiger partial charge in [0.05, 0.1) is 12.2 Å². The first-order valence-corrected chi connectivity index (χ1v) is 9.16. The molecule has 0 bridgehead atoms. The van der Waals surface area contributed by atoms with E-state index in [0.29, 0.717) is 17.7 Å². The van der Waals surface area contributed by atoms with E-state index in [1.807, 2.05) is 45.9 Å². The smallest absolute Gasteiger partial charge is 0.337 e. The molecule has 0 aliphatic carbocycles. The quantitative estimate of drug-likeness (QED) is 0.820. The van der Waals surface area contributed by atoms with Crippen LogP contribution in [0.3, 0.4) is 0 Å². The van der Waals surface area contributed by atoms with Crippen LogP contribution < -0.4 is 4.74 Å². The minimum absolute atomic E-state index is 0.0380. The minimum Gasteiger partial charge on any atom is -0.507 e. The summed E-state index contributed by atoms with van der Waals surface area (Å²) in [5, 5.41) is 20.5. The Hall–Kier alpha value is -2.53. The average Bonchev–Trinajstić information content (AvgIpc) is 2.60. The third-order valence-corrected chi connectivity index (χ3v) is 4.60. The molecule has 0 radical (unpaired) electrons. The Balaban J connectivity index is 2.18. The van der Waals surface area contributed by atoms with Gasteiger partial charge in [-0.15, -0.1) is 0 Å².